The maximum Gasteiger partial charge on any atom is 0.170 e. The Bertz CT molecular complexity index is 423. The average molecular weight is 247 g/mol. The van der Waals surface area contributed by atoms with Gasteiger partial charge in [-0.3, -0.25) is 4.79 Å². The summed E-state index contributed by atoms with van der Waals surface area (Å²) in [5, 5.41) is 3.29. The number of aryl methyl sites for hydroxylation is 1. The lowest BCUT2D eigenvalue weighted by Gasteiger charge is -2.22. The molecule has 0 aliphatic carbocycles. The zero-order valence-corrected chi connectivity index (χ0v) is 11.2. The molecule has 0 bridgehead atoms. The lowest BCUT2D eigenvalue weighted by atomic mass is 9.89. The van der Waals surface area contributed by atoms with Crippen LogP contribution in [-0.2, 0) is 6.42 Å². The van der Waals surface area contributed by atoms with Gasteiger partial charge in [0.2, 0.25) is 0 Å². The van der Waals surface area contributed by atoms with E-state index in [0.717, 1.165) is 37.9 Å². The van der Waals surface area contributed by atoms with Gasteiger partial charge in [0.15, 0.2) is 5.78 Å². The fourth-order valence-electron chi connectivity index (χ4n) is 2.46. The first-order valence-corrected chi connectivity index (χ1v) is 6.68. The quantitative estimate of drug-likeness (QED) is 0.830. The van der Waals surface area contributed by atoms with E-state index in [4.69, 9.17) is 4.74 Å². The Hall–Kier alpha value is -1.35. The Kier molecular flexibility index (Phi) is 4.37. The summed E-state index contributed by atoms with van der Waals surface area (Å²) >= 11 is 0. The van der Waals surface area contributed by atoms with E-state index in [-0.39, 0.29) is 11.7 Å². The largest absolute Gasteiger partial charge is 0.496 e. The van der Waals surface area contributed by atoms with Crippen LogP contribution in [0.15, 0.2) is 18.2 Å². The molecule has 1 aromatic carbocycles. The van der Waals surface area contributed by atoms with Gasteiger partial charge in [-0.15, -0.1) is 0 Å². The van der Waals surface area contributed by atoms with Crippen molar-refractivity contribution in [1.82, 2.24) is 5.32 Å². The number of Topliss-reactive ketones (excluding diaryl/α,β-unsaturated/α-hetero) is 1. The van der Waals surface area contributed by atoms with E-state index in [0.29, 0.717) is 5.75 Å². The van der Waals surface area contributed by atoms with Crippen LogP contribution < -0.4 is 10.1 Å². The Morgan fingerprint density at radius 3 is 2.94 bits per heavy atom. The molecule has 1 heterocycles. The van der Waals surface area contributed by atoms with E-state index in [1.807, 2.05) is 18.2 Å². The Labute approximate surface area is 109 Å². The summed E-state index contributed by atoms with van der Waals surface area (Å²) in [6, 6.07) is 5.91. The summed E-state index contributed by atoms with van der Waals surface area (Å²) in [6.07, 6.45) is 2.99. The minimum Gasteiger partial charge on any atom is -0.496 e. The predicted octanol–water partition coefficient (Wildman–Crippen LogP) is 2.44. The van der Waals surface area contributed by atoms with Gasteiger partial charge in [0.1, 0.15) is 5.75 Å². The molecule has 2 rings (SSSR count). The third-order valence-corrected chi connectivity index (χ3v) is 3.61. The highest BCUT2D eigenvalue weighted by molar-refractivity contribution is 6.00. The summed E-state index contributed by atoms with van der Waals surface area (Å²) in [6.45, 7) is 3.91. The molecule has 1 aliphatic rings. The molecule has 98 valence electrons. The minimum absolute atomic E-state index is 0.0970. The van der Waals surface area contributed by atoms with E-state index >= 15 is 0 Å². The highest BCUT2D eigenvalue weighted by Gasteiger charge is 2.24. The van der Waals surface area contributed by atoms with Crippen molar-refractivity contribution in [3.05, 3.63) is 29.3 Å². The fraction of sp³-hybridized carbons (Fsp3) is 0.533. The number of ether oxygens (including phenoxy) is 1. The molecule has 1 unspecified atom stereocenters. The van der Waals surface area contributed by atoms with Crippen LogP contribution in [0.3, 0.4) is 0 Å². The molecule has 0 amide bonds. The first kappa shape index (κ1) is 13.1. The van der Waals surface area contributed by atoms with Crippen LogP contribution >= 0.6 is 0 Å². The second kappa shape index (κ2) is 6.01. The molecule has 1 N–H and O–H groups in total. The van der Waals surface area contributed by atoms with Gasteiger partial charge in [-0.2, -0.15) is 0 Å². The summed E-state index contributed by atoms with van der Waals surface area (Å²) in [5.74, 6) is 1.01. The van der Waals surface area contributed by atoms with E-state index in [1.54, 1.807) is 7.11 Å². The molecule has 1 aromatic rings. The molecule has 1 fully saturated rings. The van der Waals surface area contributed by atoms with Crippen molar-refractivity contribution in [1.29, 1.82) is 0 Å². The highest BCUT2D eigenvalue weighted by Crippen LogP contribution is 2.25. The van der Waals surface area contributed by atoms with Gasteiger partial charge in [0.05, 0.1) is 12.7 Å². The first-order chi connectivity index (χ1) is 8.76. The van der Waals surface area contributed by atoms with E-state index < -0.39 is 0 Å². The summed E-state index contributed by atoms with van der Waals surface area (Å²) in [7, 11) is 1.62. The molecule has 1 saturated heterocycles. The lowest BCUT2D eigenvalue weighted by Crippen LogP contribution is -2.34. The maximum absolute atomic E-state index is 12.5. The highest BCUT2D eigenvalue weighted by atomic mass is 16.5. The van der Waals surface area contributed by atoms with Crippen LogP contribution in [0.5, 0.6) is 5.75 Å². The van der Waals surface area contributed by atoms with E-state index in [2.05, 4.69) is 12.2 Å². The third-order valence-electron chi connectivity index (χ3n) is 3.61. The second-order valence-electron chi connectivity index (χ2n) is 4.80. The van der Waals surface area contributed by atoms with Gasteiger partial charge >= 0.3 is 0 Å². The summed E-state index contributed by atoms with van der Waals surface area (Å²) in [5.41, 5.74) is 1.92. The summed E-state index contributed by atoms with van der Waals surface area (Å²) in [4.78, 5) is 12.5. The monoisotopic (exact) mass is 247 g/mol. The van der Waals surface area contributed by atoms with Crippen molar-refractivity contribution in [3.63, 3.8) is 0 Å². The van der Waals surface area contributed by atoms with Crippen LogP contribution in [0, 0.1) is 5.92 Å². The molecule has 0 spiro atoms. The van der Waals surface area contributed by atoms with Gasteiger partial charge in [-0.1, -0.05) is 13.0 Å². The van der Waals surface area contributed by atoms with Gasteiger partial charge in [0, 0.05) is 12.5 Å². The number of carbonyl (C=O) groups is 1. The number of piperidine rings is 1. The first-order valence-electron chi connectivity index (χ1n) is 6.68. The van der Waals surface area contributed by atoms with Crippen molar-refractivity contribution < 1.29 is 9.53 Å². The molecule has 3 nitrogen and oxygen atoms in total. The smallest absolute Gasteiger partial charge is 0.170 e. The fourth-order valence-corrected chi connectivity index (χ4v) is 2.46. The topological polar surface area (TPSA) is 38.3 Å². The van der Waals surface area contributed by atoms with Crippen LogP contribution in [0.2, 0.25) is 0 Å². The number of ketones is 1. The zero-order chi connectivity index (χ0) is 13.0. The molecule has 3 heteroatoms. The standard InChI is InChI=1S/C15H21NO2/c1-3-11-6-7-14(18-2)13(9-11)15(17)12-5-4-8-16-10-12/h6-7,9,12,16H,3-5,8,10H2,1-2H3. The summed E-state index contributed by atoms with van der Waals surface area (Å²) < 4.78 is 5.32. The van der Waals surface area contributed by atoms with Gasteiger partial charge in [0.25, 0.3) is 0 Å². The van der Waals surface area contributed by atoms with Gasteiger partial charge in [-0.05, 0) is 43.5 Å². The molecular weight excluding hydrogens is 226 g/mol. The number of benzene rings is 1. The molecular formula is C15H21NO2. The normalized spacial score (nSPS) is 19.6. The molecule has 1 aliphatic heterocycles. The minimum atomic E-state index is 0.0970. The van der Waals surface area contributed by atoms with Crippen LogP contribution in [0.4, 0.5) is 0 Å². The van der Waals surface area contributed by atoms with Crippen molar-refractivity contribution in [2.24, 2.45) is 5.92 Å². The predicted molar refractivity (Wildman–Crippen MR) is 72.3 cm³/mol. The van der Waals surface area contributed by atoms with Crippen molar-refractivity contribution >= 4 is 5.78 Å². The second-order valence-corrected chi connectivity index (χ2v) is 4.80. The van der Waals surface area contributed by atoms with Gasteiger partial charge in [-0.25, -0.2) is 0 Å². The number of carbonyl (C=O) groups excluding carboxylic acids is 1. The Morgan fingerprint density at radius 1 is 1.50 bits per heavy atom. The molecule has 0 radical (unpaired) electrons. The van der Waals surface area contributed by atoms with Gasteiger partial charge < -0.3 is 10.1 Å². The number of rotatable bonds is 4. The lowest BCUT2D eigenvalue weighted by molar-refractivity contribution is 0.0896. The van der Waals surface area contributed by atoms with Crippen LogP contribution in [0.1, 0.15) is 35.7 Å². The average Bonchev–Trinajstić information content (AvgIpc) is 2.46. The Morgan fingerprint density at radius 2 is 2.33 bits per heavy atom. The van der Waals surface area contributed by atoms with Crippen LogP contribution in [0.25, 0.3) is 0 Å². The molecule has 18 heavy (non-hydrogen) atoms. The maximum atomic E-state index is 12.5. The van der Waals surface area contributed by atoms with E-state index in [9.17, 15) is 4.79 Å². The SMILES string of the molecule is CCc1ccc(OC)c(C(=O)C2CCCNC2)c1. The van der Waals surface area contributed by atoms with Crippen molar-refractivity contribution in [2.75, 3.05) is 20.2 Å². The third kappa shape index (κ3) is 2.72. The number of hydrogen-bond donors (Lipinski definition) is 1. The van der Waals surface area contributed by atoms with Crippen LogP contribution in [-0.4, -0.2) is 26.0 Å². The molecule has 0 aromatic heterocycles. The van der Waals surface area contributed by atoms with Crippen molar-refractivity contribution in [3.8, 4) is 5.75 Å². The number of nitrogens with one attached hydrogen (secondary N) is 1. The zero-order valence-electron chi connectivity index (χ0n) is 11.2. The number of hydrogen-bond acceptors (Lipinski definition) is 3. The molecule has 1 atom stereocenters. The molecule has 0 saturated carbocycles. The van der Waals surface area contributed by atoms with Crippen molar-refractivity contribution in [2.45, 2.75) is 26.2 Å². The Balaban J connectivity index is 2.26. The number of methoxy groups -OCH3 is 1. The van der Waals surface area contributed by atoms with E-state index in [1.165, 1.54) is 5.56 Å².